The number of hydrogen-bond donors (Lipinski definition) is 2. The van der Waals surface area contributed by atoms with Crippen LogP contribution in [0.1, 0.15) is 20.3 Å². The maximum Gasteiger partial charge on any atom is 0.326 e. The van der Waals surface area contributed by atoms with Crippen LogP contribution in [-0.4, -0.2) is 77.7 Å². The van der Waals surface area contributed by atoms with E-state index < -0.39 is 12.0 Å². The molecule has 1 aliphatic rings. The van der Waals surface area contributed by atoms with Gasteiger partial charge in [-0.25, -0.2) is 9.59 Å². The van der Waals surface area contributed by atoms with Gasteiger partial charge >= 0.3 is 12.0 Å². The molecule has 122 valence electrons. The maximum atomic E-state index is 12.1. The van der Waals surface area contributed by atoms with Gasteiger partial charge < -0.3 is 15.3 Å². The Balaban J connectivity index is 2.40. The number of nitrogens with one attached hydrogen (secondary N) is 1. The number of rotatable bonds is 7. The molecule has 6 nitrogen and oxygen atoms in total. The second-order valence-corrected chi connectivity index (χ2v) is 6.79. The van der Waals surface area contributed by atoms with Gasteiger partial charge in [0.05, 0.1) is 0 Å². The maximum absolute atomic E-state index is 12.1. The van der Waals surface area contributed by atoms with Crippen LogP contribution in [0.3, 0.4) is 0 Å². The average Bonchev–Trinajstić information content (AvgIpc) is 2.43. The van der Waals surface area contributed by atoms with Crippen molar-refractivity contribution in [1.29, 1.82) is 0 Å². The van der Waals surface area contributed by atoms with Crippen LogP contribution in [0.4, 0.5) is 4.79 Å². The number of carbonyl (C=O) groups is 2. The van der Waals surface area contributed by atoms with Gasteiger partial charge in [0.1, 0.15) is 6.04 Å². The van der Waals surface area contributed by atoms with Gasteiger partial charge in [0, 0.05) is 32.7 Å². The Bertz CT molecular complexity index is 344. The highest BCUT2D eigenvalue weighted by Gasteiger charge is 2.25. The van der Waals surface area contributed by atoms with Gasteiger partial charge in [-0.1, -0.05) is 13.8 Å². The molecule has 0 spiro atoms. The lowest BCUT2D eigenvalue weighted by molar-refractivity contribution is -0.139. The van der Waals surface area contributed by atoms with Crippen molar-refractivity contribution in [2.75, 3.05) is 44.7 Å². The Morgan fingerprint density at radius 2 is 1.86 bits per heavy atom. The monoisotopic (exact) mass is 317 g/mol. The van der Waals surface area contributed by atoms with Crippen molar-refractivity contribution in [2.45, 2.75) is 26.3 Å². The lowest BCUT2D eigenvalue weighted by Gasteiger charge is -2.35. The van der Waals surface area contributed by atoms with Crippen molar-refractivity contribution in [3.63, 3.8) is 0 Å². The first-order chi connectivity index (χ1) is 9.93. The molecule has 1 fully saturated rings. The number of carboxylic acids is 1. The zero-order chi connectivity index (χ0) is 15.8. The number of nitrogens with zero attached hydrogens (tertiary/aromatic N) is 2. The fourth-order valence-corrected chi connectivity index (χ4v) is 2.85. The minimum atomic E-state index is -0.962. The first-order valence-electron chi connectivity index (χ1n) is 7.43. The SMILES string of the molecule is CSCC[C@@H](NC(=O)N1CCN(CC(C)C)CC1)C(=O)O. The number of piperazine rings is 1. The zero-order valence-corrected chi connectivity index (χ0v) is 14.0. The predicted molar refractivity (Wildman–Crippen MR) is 85.8 cm³/mol. The summed E-state index contributed by atoms with van der Waals surface area (Å²) in [7, 11) is 0. The van der Waals surface area contributed by atoms with Crippen molar-refractivity contribution >= 4 is 23.8 Å². The predicted octanol–water partition coefficient (Wildman–Crippen LogP) is 1.18. The Labute approximate surface area is 131 Å². The van der Waals surface area contributed by atoms with E-state index in [1.165, 1.54) is 0 Å². The molecule has 1 saturated heterocycles. The second-order valence-electron chi connectivity index (χ2n) is 5.80. The number of carboxylic acid groups (broad SMARTS) is 1. The largest absolute Gasteiger partial charge is 0.480 e. The molecule has 0 unspecified atom stereocenters. The summed E-state index contributed by atoms with van der Waals surface area (Å²) >= 11 is 1.58. The first kappa shape index (κ1) is 18.1. The van der Waals surface area contributed by atoms with E-state index in [1.54, 1.807) is 16.7 Å². The molecule has 0 aromatic heterocycles. The van der Waals surface area contributed by atoms with Crippen molar-refractivity contribution in [2.24, 2.45) is 5.92 Å². The van der Waals surface area contributed by atoms with Crippen molar-refractivity contribution in [1.82, 2.24) is 15.1 Å². The van der Waals surface area contributed by atoms with Gasteiger partial charge in [0.2, 0.25) is 0 Å². The molecule has 7 heteroatoms. The molecule has 1 heterocycles. The highest BCUT2D eigenvalue weighted by Crippen LogP contribution is 2.07. The van der Waals surface area contributed by atoms with E-state index in [2.05, 4.69) is 24.1 Å². The van der Waals surface area contributed by atoms with Gasteiger partial charge in [-0.05, 0) is 24.3 Å². The van der Waals surface area contributed by atoms with E-state index in [-0.39, 0.29) is 6.03 Å². The summed E-state index contributed by atoms with van der Waals surface area (Å²) in [6, 6.07) is -1.05. The Hall–Kier alpha value is -0.950. The van der Waals surface area contributed by atoms with Crippen LogP contribution in [0.15, 0.2) is 0 Å². The van der Waals surface area contributed by atoms with Crippen LogP contribution in [0.25, 0.3) is 0 Å². The first-order valence-corrected chi connectivity index (χ1v) is 8.83. The summed E-state index contributed by atoms with van der Waals surface area (Å²) in [6.07, 6.45) is 2.38. The van der Waals surface area contributed by atoms with Gasteiger partial charge in [-0.15, -0.1) is 0 Å². The number of amides is 2. The van der Waals surface area contributed by atoms with Crippen LogP contribution >= 0.6 is 11.8 Å². The topological polar surface area (TPSA) is 72.9 Å². The van der Waals surface area contributed by atoms with E-state index in [0.717, 1.165) is 25.4 Å². The summed E-state index contributed by atoms with van der Waals surface area (Å²) in [5.41, 5.74) is 0. The molecule has 0 aliphatic carbocycles. The highest BCUT2D eigenvalue weighted by atomic mass is 32.2. The molecule has 0 radical (unpaired) electrons. The molecule has 0 aromatic carbocycles. The van der Waals surface area contributed by atoms with E-state index in [4.69, 9.17) is 5.11 Å². The van der Waals surface area contributed by atoms with E-state index in [1.807, 2.05) is 6.26 Å². The standard InChI is InChI=1S/C14H27N3O3S/c1-11(2)10-16-5-7-17(8-6-16)14(20)15-12(13(18)19)4-9-21-3/h11-12H,4-10H2,1-3H3,(H,15,20)(H,18,19)/t12-/m1/s1. The lowest BCUT2D eigenvalue weighted by Crippen LogP contribution is -2.55. The van der Waals surface area contributed by atoms with Crippen molar-refractivity contribution < 1.29 is 14.7 Å². The molecule has 0 aromatic rings. The van der Waals surface area contributed by atoms with E-state index in [0.29, 0.717) is 25.4 Å². The van der Waals surface area contributed by atoms with Gasteiger partial charge in [-0.2, -0.15) is 11.8 Å². The minimum Gasteiger partial charge on any atom is -0.480 e. The summed E-state index contributed by atoms with van der Waals surface area (Å²) < 4.78 is 0. The molecule has 0 bridgehead atoms. The third-order valence-electron chi connectivity index (χ3n) is 3.49. The zero-order valence-electron chi connectivity index (χ0n) is 13.2. The number of hydrogen-bond acceptors (Lipinski definition) is 4. The fraction of sp³-hybridized carbons (Fsp3) is 0.857. The molecular formula is C14H27N3O3S. The quantitative estimate of drug-likeness (QED) is 0.737. The molecule has 2 amide bonds. The van der Waals surface area contributed by atoms with Crippen molar-refractivity contribution in [3.05, 3.63) is 0 Å². The van der Waals surface area contributed by atoms with Crippen LogP contribution in [-0.2, 0) is 4.79 Å². The average molecular weight is 317 g/mol. The Morgan fingerprint density at radius 1 is 1.24 bits per heavy atom. The molecule has 1 rings (SSSR count). The Kier molecular flexibility index (Phi) is 7.88. The van der Waals surface area contributed by atoms with Crippen LogP contribution in [0, 0.1) is 5.92 Å². The Morgan fingerprint density at radius 3 is 2.33 bits per heavy atom. The number of urea groups is 1. The molecular weight excluding hydrogens is 290 g/mol. The number of thioether (sulfide) groups is 1. The summed E-state index contributed by atoms with van der Waals surface area (Å²) in [5.74, 6) is 0.378. The van der Waals surface area contributed by atoms with Crippen LogP contribution in [0.2, 0.25) is 0 Å². The van der Waals surface area contributed by atoms with E-state index in [9.17, 15) is 9.59 Å². The minimum absolute atomic E-state index is 0.257. The second kappa shape index (κ2) is 9.15. The van der Waals surface area contributed by atoms with Gasteiger partial charge in [0.15, 0.2) is 0 Å². The summed E-state index contributed by atoms with van der Waals surface area (Å²) in [5, 5.41) is 11.8. The van der Waals surface area contributed by atoms with E-state index >= 15 is 0 Å². The smallest absolute Gasteiger partial charge is 0.326 e. The highest BCUT2D eigenvalue weighted by molar-refractivity contribution is 7.98. The van der Waals surface area contributed by atoms with Crippen LogP contribution in [0.5, 0.6) is 0 Å². The van der Waals surface area contributed by atoms with Crippen LogP contribution < -0.4 is 5.32 Å². The molecule has 0 saturated carbocycles. The van der Waals surface area contributed by atoms with Gasteiger partial charge in [-0.3, -0.25) is 4.90 Å². The molecule has 1 atom stereocenters. The number of aliphatic carboxylic acids is 1. The fourth-order valence-electron chi connectivity index (χ4n) is 2.38. The molecule has 21 heavy (non-hydrogen) atoms. The third kappa shape index (κ3) is 6.56. The number of carbonyl (C=O) groups excluding carboxylic acids is 1. The molecule has 2 N–H and O–H groups in total. The normalized spacial score (nSPS) is 17.8. The summed E-state index contributed by atoms with van der Waals surface area (Å²) in [6.45, 7) is 8.44. The molecule has 1 aliphatic heterocycles. The third-order valence-corrected chi connectivity index (χ3v) is 4.13. The van der Waals surface area contributed by atoms with Gasteiger partial charge in [0.25, 0.3) is 0 Å². The lowest BCUT2D eigenvalue weighted by atomic mass is 10.2. The summed E-state index contributed by atoms with van der Waals surface area (Å²) in [4.78, 5) is 27.3. The van der Waals surface area contributed by atoms with Crippen molar-refractivity contribution in [3.8, 4) is 0 Å².